The summed E-state index contributed by atoms with van der Waals surface area (Å²) in [7, 11) is 1.97. The van der Waals surface area contributed by atoms with E-state index in [-0.39, 0.29) is 6.04 Å². The lowest BCUT2D eigenvalue weighted by Crippen LogP contribution is -2.19. The highest BCUT2D eigenvalue weighted by Crippen LogP contribution is 2.22. The summed E-state index contributed by atoms with van der Waals surface area (Å²) in [6.45, 7) is 9.35. The van der Waals surface area contributed by atoms with Crippen molar-refractivity contribution in [1.29, 1.82) is 0 Å². The molecule has 1 unspecified atom stereocenters. The van der Waals surface area contributed by atoms with Crippen LogP contribution in [-0.2, 0) is 20.0 Å². The van der Waals surface area contributed by atoms with Crippen LogP contribution >= 0.6 is 11.3 Å². The largest absolute Gasteiger partial charge is 0.305 e. The van der Waals surface area contributed by atoms with Crippen molar-refractivity contribution < 1.29 is 0 Å². The molecular formula is C14H22N4S. The quantitative estimate of drug-likeness (QED) is 0.914. The van der Waals surface area contributed by atoms with Crippen molar-refractivity contribution >= 4 is 11.3 Å². The fraction of sp³-hybridized carbons (Fsp3) is 0.571. The van der Waals surface area contributed by atoms with Crippen molar-refractivity contribution in [1.82, 2.24) is 20.1 Å². The van der Waals surface area contributed by atoms with E-state index < -0.39 is 0 Å². The topological polar surface area (TPSA) is 42.7 Å². The molecule has 1 atom stereocenters. The normalized spacial score (nSPS) is 12.9. The Hall–Kier alpha value is -1.20. The Morgan fingerprint density at radius 1 is 1.42 bits per heavy atom. The predicted octanol–water partition coefficient (Wildman–Crippen LogP) is 2.91. The van der Waals surface area contributed by atoms with E-state index in [2.05, 4.69) is 49.3 Å². The van der Waals surface area contributed by atoms with Gasteiger partial charge in [-0.1, -0.05) is 6.92 Å². The summed E-state index contributed by atoms with van der Waals surface area (Å²) < 4.78 is 1.89. The zero-order chi connectivity index (χ0) is 14.0. The molecule has 1 N–H and O–H groups in total. The van der Waals surface area contributed by atoms with Crippen molar-refractivity contribution in [3.8, 4) is 0 Å². The third kappa shape index (κ3) is 3.22. The van der Waals surface area contributed by atoms with E-state index in [0.29, 0.717) is 0 Å². The molecule has 0 saturated carbocycles. The van der Waals surface area contributed by atoms with Gasteiger partial charge in [-0.15, -0.1) is 11.3 Å². The van der Waals surface area contributed by atoms with Crippen molar-refractivity contribution in [3.05, 3.63) is 33.0 Å². The number of nitrogens with one attached hydrogen (secondary N) is 1. The van der Waals surface area contributed by atoms with Gasteiger partial charge in [0.2, 0.25) is 0 Å². The molecule has 0 aliphatic heterocycles. The number of thiazole rings is 1. The molecule has 19 heavy (non-hydrogen) atoms. The summed E-state index contributed by atoms with van der Waals surface area (Å²) in [6.07, 6.45) is 3.07. The molecule has 5 heteroatoms. The van der Waals surface area contributed by atoms with Crippen molar-refractivity contribution in [2.45, 2.75) is 46.7 Å². The van der Waals surface area contributed by atoms with Crippen molar-refractivity contribution in [3.63, 3.8) is 0 Å². The molecule has 0 radical (unpaired) electrons. The Morgan fingerprint density at radius 2 is 2.16 bits per heavy atom. The lowest BCUT2D eigenvalue weighted by Gasteiger charge is -2.12. The number of hydrogen-bond acceptors (Lipinski definition) is 4. The Morgan fingerprint density at radius 3 is 2.74 bits per heavy atom. The van der Waals surface area contributed by atoms with Gasteiger partial charge in [0.1, 0.15) is 0 Å². The van der Waals surface area contributed by atoms with Crippen LogP contribution in [-0.4, -0.2) is 14.8 Å². The van der Waals surface area contributed by atoms with E-state index in [1.54, 1.807) is 11.3 Å². The Bertz CT molecular complexity index is 556. The molecule has 2 aromatic heterocycles. The van der Waals surface area contributed by atoms with Crippen LogP contribution in [0.25, 0.3) is 0 Å². The molecule has 0 aliphatic rings. The molecule has 2 aromatic rings. The predicted molar refractivity (Wildman–Crippen MR) is 79.4 cm³/mol. The third-order valence-electron chi connectivity index (χ3n) is 3.27. The van der Waals surface area contributed by atoms with Crippen LogP contribution < -0.4 is 5.32 Å². The number of hydrogen-bond donors (Lipinski definition) is 1. The number of nitrogens with zero attached hydrogens (tertiary/aromatic N) is 3. The first-order chi connectivity index (χ1) is 9.01. The summed E-state index contributed by atoms with van der Waals surface area (Å²) in [5.41, 5.74) is 3.62. The molecule has 104 valence electrons. The molecule has 0 aromatic carbocycles. The molecule has 0 aliphatic carbocycles. The maximum Gasteiger partial charge on any atom is 0.0900 e. The molecule has 4 nitrogen and oxygen atoms in total. The highest BCUT2D eigenvalue weighted by atomic mass is 32.1. The molecule has 0 amide bonds. The molecule has 0 spiro atoms. The van der Waals surface area contributed by atoms with Gasteiger partial charge in [0.15, 0.2) is 0 Å². The van der Waals surface area contributed by atoms with Crippen LogP contribution in [0.1, 0.15) is 46.7 Å². The monoisotopic (exact) mass is 278 g/mol. The van der Waals surface area contributed by atoms with E-state index in [1.165, 1.54) is 21.8 Å². The Kier molecular flexibility index (Phi) is 4.37. The minimum absolute atomic E-state index is 0.273. The average Bonchev–Trinajstić information content (AvgIpc) is 2.88. The summed E-state index contributed by atoms with van der Waals surface area (Å²) in [4.78, 5) is 5.91. The number of rotatable bonds is 5. The average molecular weight is 278 g/mol. The standard InChI is InChI=1S/C14H22N4S/c1-6-13-12(8-18(5)17-13)7-15-9(2)14-10(3)19-11(4)16-14/h8-9,15H,6-7H2,1-5H3. The Balaban J connectivity index is 2.04. The maximum atomic E-state index is 4.61. The molecule has 0 bridgehead atoms. The van der Waals surface area contributed by atoms with Gasteiger partial charge < -0.3 is 5.32 Å². The second-order valence-corrected chi connectivity index (χ2v) is 6.31. The number of aryl methyl sites for hydroxylation is 4. The van der Waals surface area contributed by atoms with Gasteiger partial charge in [-0.3, -0.25) is 4.68 Å². The minimum Gasteiger partial charge on any atom is -0.305 e. The van der Waals surface area contributed by atoms with Gasteiger partial charge in [-0.2, -0.15) is 5.10 Å². The van der Waals surface area contributed by atoms with Gasteiger partial charge in [-0.25, -0.2) is 4.98 Å². The lowest BCUT2D eigenvalue weighted by molar-refractivity contribution is 0.559. The summed E-state index contributed by atoms with van der Waals surface area (Å²) in [5, 5.41) is 9.15. The van der Waals surface area contributed by atoms with Gasteiger partial charge in [0, 0.05) is 36.3 Å². The van der Waals surface area contributed by atoms with Crippen molar-refractivity contribution in [2.75, 3.05) is 0 Å². The summed E-state index contributed by atoms with van der Waals surface area (Å²) >= 11 is 1.76. The summed E-state index contributed by atoms with van der Waals surface area (Å²) in [5.74, 6) is 0. The maximum absolute atomic E-state index is 4.61. The van der Waals surface area contributed by atoms with Gasteiger partial charge in [-0.05, 0) is 27.2 Å². The smallest absolute Gasteiger partial charge is 0.0900 e. The van der Waals surface area contributed by atoms with Crippen LogP contribution in [0.4, 0.5) is 0 Å². The molecule has 0 fully saturated rings. The van der Waals surface area contributed by atoms with Gasteiger partial charge in [0.05, 0.1) is 16.4 Å². The van der Waals surface area contributed by atoms with E-state index in [1.807, 2.05) is 11.7 Å². The zero-order valence-corrected chi connectivity index (χ0v) is 13.1. The van der Waals surface area contributed by atoms with E-state index in [9.17, 15) is 0 Å². The van der Waals surface area contributed by atoms with Crippen LogP contribution in [0.3, 0.4) is 0 Å². The van der Waals surface area contributed by atoms with E-state index in [0.717, 1.165) is 18.0 Å². The zero-order valence-electron chi connectivity index (χ0n) is 12.3. The van der Waals surface area contributed by atoms with Crippen LogP contribution in [0.2, 0.25) is 0 Å². The summed E-state index contributed by atoms with van der Waals surface area (Å²) in [6, 6.07) is 0.273. The number of aromatic nitrogens is 3. The fourth-order valence-electron chi connectivity index (χ4n) is 2.34. The van der Waals surface area contributed by atoms with Crippen LogP contribution in [0.15, 0.2) is 6.20 Å². The first kappa shape index (κ1) is 14.2. The first-order valence-corrected chi connectivity index (χ1v) is 7.51. The minimum atomic E-state index is 0.273. The van der Waals surface area contributed by atoms with E-state index in [4.69, 9.17) is 0 Å². The van der Waals surface area contributed by atoms with Crippen LogP contribution in [0, 0.1) is 13.8 Å². The SMILES string of the molecule is CCc1nn(C)cc1CNC(C)c1nc(C)sc1C. The lowest BCUT2D eigenvalue weighted by atomic mass is 10.1. The molecule has 2 heterocycles. The second kappa shape index (κ2) is 5.84. The molecular weight excluding hydrogens is 256 g/mol. The highest BCUT2D eigenvalue weighted by Gasteiger charge is 2.14. The van der Waals surface area contributed by atoms with Crippen LogP contribution in [0.5, 0.6) is 0 Å². The third-order valence-corrected chi connectivity index (χ3v) is 4.18. The van der Waals surface area contributed by atoms with Crippen molar-refractivity contribution in [2.24, 2.45) is 7.05 Å². The van der Waals surface area contributed by atoms with E-state index >= 15 is 0 Å². The second-order valence-electron chi connectivity index (χ2n) is 4.91. The highest BCUT2D eigenvalue weighted by molar-refractivity contribution is 7.11. The molecule has 0 saturated heterocycles. The Labute approximate surface area is 118 Å². The van der Waals surface area contributed by atoms with Gasteiger partial charge >= 0.3 is 0 Å². The molecule has 2 rings (SSSR count). The first-order valence-electron chi connectivity index (χ1n) is 6.70. The fourth-order valence-corrected chi connectivity index (χ4v) is 3.25. The van der Waals surface area contributed by atoms with Gasteiger partial charge in [0.25, 0.3) is 0 Å².